The Morgan fingerprint density at radius 2 is 1.71 bits per heavy atom. The molecular formula is C21H21NO2. The van der Waals surface area contributed by atoms with E-state index in [1.54, 1.807) is 0 Å². The lowest BCUT2D eigenvalue weighted by Gasteiger charge is -2.16. The summed E-state index contributed by atoms with van der Waals surface area (Å²) < 4.78 is 5.35. The summed E-state index contributed by atoms with van der Waals surface area (Å²) >= 11 is 0. The molecule has 3 aromatic rings. The van der Waals surface area contributed by atoms with Crippen molar-refractivity contribution in [3.63, 3.8) is 0 Å². The minimum Gasteiger partial charge on any atom is -0.462 e. The van der Waals surface area contributed by atoms with Crippen LogP contribution in [-0.4, -0.2) is 17.6 Å². The third-order valence-electron chi connectivity index (χ3n) is 4.00. The molecule has 0 aliphatic rings. The van der Waals surface area contributed by atoms with Crippen molar-refractivity contribution in [2.24, 2.45) is 0 Å². The molecule has 1 heterocycles. The predicted octanol–water partition coefficient (Wildman–Crippen LogP) is 5.03. The molecule has 3 heteroatoms. The first-order valence-corrected chi connectivity index (χ1v) is 8.40. The number of hydrogen-bond donors (Lipinski definition) is 0. The van der Waals surface area contributed by atoms with Crippen LogP contribution in [0.1, 0.15) is 36.3 Å². The van der Waals surface area contributed by atoms with Gasteiger partial charge in [0.05, 0.1) is 23.4 Å². The fraction of sp³-hybridized carbons (Fsp3) is 0.238. The molecule has 2 aromatic carbocycles. The van der Waals surface area contributed by atoms with Crippen LogP contribution in [-0.2, 0) is 11.2 Å². The van der Waals surface area contributed by atoms with Gasteiger partial charge in [0.25, 0.3) is 0 Å². The number of nitrogens with zero attached hydrogens (tertiary/aromatic N) is 1. The van der Waals surface area contributed by atoms with Gasteiger partial charge in [-0.1, -0.05) is 61.9 Å². The Bertz CT molecular complexity index is 856. The van der Waals surface area contributed by atoms with Crippen molar-refractivity contribution in [3.05, 3.63) is 65.9 Å². The summed E-state index contributed by atoms with van der Waals surface area (Å²) in [5, 5.41) is 0.978. The number of pyridine rings is 1. The van der Waals surface area contributed by atoms with Crippen LogP contribution in [0.25, 0.3) is 22.0 Å². The Morgan fingerprint density at radius 3 is 2.42 bits per heavy atom. The lowest BCUT2D eigenvalue weighted by molar-refractivity contribution is 0.0525. The summed E-state index contributed by atoms with van der Waals surface area (Å²) in [4.78, 5) is 17.5. The SMILES string of the molecule is CCCc1nc2ccccc2c(-c2ccccc2)c1C(=O)OCC. The highest BCUT2D eigenvalue weighted by Gasteiger charge is 2.22. The van der Waals surface area contributed by atoms with Gasteiger partial charge in [-0.25, -0.2) is 4.79 Å². The largest absolute Gasteiger partial charge is 0.462 e. The van der Waals surface area contributed by atoms with E-state index in [0.717, 1.165) is 40.6 Å². The van der Waals surface area contributed by atoms with Crippen molar-refractivity contribution >= 4 is 16.9 Å². The van der Waals surface area contributed by atoms with Crippen LogP contribution in [0.3, 0.4) is 0 Å². The van der Waals surface area contributed by atoms with Crippen molar-refractivity contribution in [2.75, 3.05) is 6.61 Å². The van der Waals surface area contributed by atoms with Gasteiger partial charge in [0.2, 0.25) is 0 Å². The molecule has 0 radical (unpaired) electrons. The van der Waals surface area contributed by atoms with Gasteiger partial charge in [0, 0.05) is 10.9 Å². The van der Waals surface area contributed by atoms with Crippen LogP contribution in [0, 0.1) is 0 Å². The van der Waals surface area contributed by atoms with E-state index in [4.69, 9.17) is 9.72 Å². The van der Waals surface area contributed by atoms with E-state index in [-0.39, 0.29) is 5.97 Å². The second-order valence-electron chi connectivity index (χ2n) is 5.66. The van der Waals surface area contributed by atoms with Crippen molar-refractivity contribution in [1.82, 2.24) is 4.98 Å². The fourth-order valence-corrected chi connectivity index (χ4v) is 3.01. The normalized spacial score (nSPS) is 10.8. The number of carbonyl (C=O) groups excluding carboxylic acids is 1. The maximum Gasteiger partial charge on any atom is 0.340 e. The van der Waals surface area contributed by atoms with Crippen LogP contribution >= 0.6 is 0 Å². The Balaban J connectivity index is 2.38. The van der Waals surface area contributed by atoms with Gasteiger partial charge >= 0.3 is 5.97 Å². The quantitative estimate of drug-likeness (QED) is 0.619. The predicted molar refractivity (Wildman–Crippen MR) is 97.1 cm³/mol. The van der Waals surface area contributed by atoms with E-state index in [1.807, 2.05) is 61.5 Å². The molecule has 0 aliphatic heterocycles. The molecule has 0 aliphatic carbocycles. The maximum absolute atomic E-state index is 12.7. The van der Waals surface area contributed by atoms with Gasteiger partial charge in [0.15, 0.2) is 0 Å². The van der Waals surface area contributed by atoms with Gasteiger partial charge in [-0.15, -0.1) is 0 Å². The van der Waals surface area contributed by atoms with E-state index in [2.05, 4.69) is 6.92 Å². The molecule has 0 atom stereocenters. The van der Waals surface area contributed by atoms with E-state index in [1.165, 1.54) is 0 Å². The summed E-state index contributed by atoms with van der Waals surface area (Å²) in [6.45, 7) is 4.27. The molecule has 0 saturated heterocycles. The van der Waals surface area contributed by atoms with Crippen LogP contribution in [0.15, 0.2) is 54.6 Å². The zero-order valence-corrected chi connectivity index (χ0v) is 14.1. The van der Waals surface area contributed by atoms with Crippen LogP contribution in [0.5, 0.6) is 0 Å². The summed E-state index contributed by atoms with van der Waals surface area (Å²) in [6.07, 6.45) is 1.67. The Labute approximate surface area is 142 Å². The number of aromatic nitrogens is 1. The van der Waals surface area contributed by atoms with E-state index in [9.17, 15) is 4.79 Å². The Hall–Kier alpha value is -2.68. The summed E-state index contributed by atoms with van der Waals surface area (Å²) in [6, 6.07) is 18.0. The number of aryl methyl sites for hydroxylation is 1. The maximum atomic E-state index is 12.7. The number of fused-ring (bicyclic) bond motifs is 1. The highest BCUT2D eigenvalue weighted by molar-refractivity contribution is 6.07. The lowest BCUT2D eigenvalue weighted by atomic mass is 9.93. The molecule has 24 heavy (non-hydrogen) atoms. The average molecular weight is 319 g/mol. The first-order valence-electron chi connectivity index (χ1n) is 8.40. The second kappa shape index (κ2) is 7.26. The number of benzene rings is 2. The number of carbonyl (C=O) groups is 1. The molecular weight excluding hydrogens is 298 g/mol. The Morgan fingerprint density at radius 1 is 1.00 bits per heavy atom. The number of para-hydroxylation sites is 1. The smallest absolute Gasteiger partial charge is 0.340 e. The third kappa shape index (κ3) is 3.02. The van der Waals surface area contributed by atoms with Crippen molar-refractivity contribution in [3.8, 4) is 11.1 Å². The van der Waals surface area contributed by atoms with Crippen LogP contribution < -0.4 is 0 Å². The molecule has 1 aromatic heterocycles. The fourth-order valence-electron chi connectivity index (χ4n) is 3.01. The van der Waals surface area contributed by atoms with Crippen molar-refractivity contribution < 1.29 is 9.53 Å². The highest BCUT2D eigenvalue weighted by atomic mass is 16.5. The zero-order chi connectivity index (χ0) is 16.9. The minimum absolute atomic E-state index is 0.293. The highest BCUT2D eigenvalue weighted by Crippen LogP contribution is 2.34. The molecule has 0 spiro atoms. The van der Waals surface area contributed by atoms with E-state index >= 15 is 0 Å². The van der Waals surface area contributed by atoms with E-state index in [0.29, 0.717) is 12.2 Å². The van der Waals surface area contributed by atoms with Gasteiger partial charge in [-0.3, -0.25) is 4.98 Å². The van der Waals surface area contributed by atoms with Gasteiger partial charge in [0.1, 0.15) is 0 Å². The third-order valence-corrected chi connectivity index (χ3v) is 4.00. The first kappa shape index (κ1) is 16.2. The zero-order valence-electron chi connectivity index (χ0n) is 14.1. The summed E-state index contributed by atoms with van der Waals surface area (Å²) in [5.74, 6) is -0.293. The Kier molecular flexibility index (Phi) is 4.90. The van der Waals surface area contributed by atoms with Crippen molar-refractivity contribution in [2.45, 2.75) is 26.7 Å². The molecule has 0 unspecified atom stereocenters. The van der Waals surface area contributed by atoms with Crippen LogP contribution in [0.4, 0.5) is 0 Å². The monoisotopic (exact) mass is 319 g/mol. The van der Waals surface area contributed by atoms with Gasteiger partial charge in [-0.2, -0.15) is 0 Å². The number of ether oxygens (including phenoxy) is 1. The molecule has 3 rings (SSSR count). The molecule has 3 nitrogen and oxygen atoms in total. The summed E-state index contributed by atoms with van der Waals surface area (Å²) in [7, 11) is 0. The number of rotatable bonds is 5. The van der Waals surface area contributed by atoms with Crippen LogP contribution in [0.2, 0.25) is 0 Å². The molecule has 0 amide bonds. The number of esters is 1. The molecule has 122 valence electrons. The topological polar surface area (TPSA) is 39.2 Å². The minimum atomic E-state index is -0.293. The standard InChI is InChI=1S/C21H21NO2/c1-3-10-18-20(21(23)24-4-2)19(15-11-6-5-7-12-15)16-13-8-9-14-17(16)22-18/h5-9,11-14H,3-4,10H2,1-2H3. The van der Waals surface area contributed by atoms with E-state index < -0.39 is 0 Å². The number of hydrogen-bond acceptors (Lipinski definition) is 3. The second-order valence-corrected chi connectivity index (χ2v) is 5.66. The van der Waals surface area contributed by atoms with Gasteiger partial charge in [-0.05, 0) is 25.0 Å². The van der Waals surface area contributed by atoms with Gasteiger partial charge < -0.3 is 4.74 Å². The summed E-state index contributed by atoms with van der Waals surface area (Å²) in [5.41, 5.74) is 4.25. The molecule has 0 saturated carbocycles. The molecule has 0 fully saturated rings. The average Bonchev–Trinajstić information content (AvgIpc) is 2.61. The van der Waals surface area contributed by atoms with Crippen molar-refractivity contribution in [1.29, 1.82) is 0 Å². The molecule has 0 N–H and O–H groups in total. The first-order chi connectivity index (χ1) is 11.8. The lowest BCUT2D eigenvalue weighted by Crippen LogP contribution is -2.12. The molecule has 0 bridgehead atoms.